The van der Waals surface area contributed by atoms with E-state index in [1.807, 2.05) is 18.2 Å². The molecular formula is C29H36O4. The van der Waals surface area contributed by atoms with Crippen molar-refractivity contribution in [2.45, 2.75) is 58.3 Å². The molecule has 0 bridgehead atoms. The normalized spacial score (nSPS) is 32.4. The number of carbonyl (C=O) groups is 1. The summed E-state index contributed by atoms with van der Waals surface area (Å²) < 4.78 is 11.6. The molecule has 176 valence electrons. The van der Waals surface area contributed by atoms with E-state index in [0.717, 1.165) is 31.0 Å². The van der Waals surface area contributed by atoms with Crippen LogP contribution in [-0.4, -0.2) is 25.1 Å². The Hall–Kier alpha value is -2.49. The van der Waals surface area contributed by atoms with Gasteiger partial charge in [0, 0.05) is 5.56 Å². The first-order chi connectivity index (χ1) is 15.9. The number of ether oxygens (including phenoxy) is 2. The van der Waals surface area contributed by atoms with Crippen LogP contribution in [0.4, 0.5) is 0 Å². The molecule has 4 nitrogen and oxygen atoms in total. The van der Waals surface area contributed by atoms with Crippen LogP contribution in [-0.2, 0) is 6.42 Å². The van der Waals surface area contributed by atoms with Crippen molar-refractivity contribution < 1.29 is 19.4 Å². The van der Waals surface area contributed by atoms with E-state index in [-0.39, 0.29) is 0 Å². The Labute approximate surface area is 197 Å². The molecule has 0 spiro atoms. The highest BCUT2D eigenvalue weighted by atomic mass is 16.5. The van der Waals surface area contributed by atoms with Crippen LogP contribution in [0, 0.1) is 29.1 Å². The Bertz CT molecular complexity index is 1030. The highest BCUT2D eigenvalue weighted by Crippen LogP contribution is 2.64. The maximum absolute atomic E-state index is 11.0. The molecule has 5 unspecified atom stereocenters. The van der Waals surface area contributed by atoms with Crippen molar-refractivity contribution in [3.63, 3.8) is 0 Å². The molecule has 0 aliphatic heterocycles. The van der Waals surface area contributed by atoms with Gasteiger partial charge >= 0.3 is 0 Å². The number of hydrogen-bond donors (Lipinski definition) is 1. The fraction of sp³-hybridized carbons (Fsp3) is 0.552. The molecular weight excluding hydrogens is 412 g/mol. The molecule has 1 N–H and O–H groups in total. The summed E-state index contributed by atoms with van der Waals surface area (Å²) in [7, 11) is 1.61. The van der Waals surface area contributed by atoms with E-state index in [1.165, 1.54) is 36.8 Å². The van der Waals surface area contributed by atoms with Gasteiger partial charge in [0.05, 0.1) is 13.7 Å². The number of benzene rings is 2. The molecule has 0 amide bonds. The van der Waals surface area contributed by atoms with Gasteiger partial charge in [0.2, 0.25) is 0 Å². The van der Waals surface area contributed by atoms with Crippen molar-refractivity contribution in [3.05, 3.63) is 53.1 Å². The lowest BCUT2D eigenvalue weighted by Crippen LogP contribution is -2.45. The van der Waals surface area contributed by atoms with Crippen molar-refractivity contribution in [1.82, 2.24) is 0 Å². The van der Waals surface area contributed by atoms with Crippen LogP contribution in [0.3, 0.4) is 0 Å². The molecule has 3 aliphatic carbocycles. The van der Waals surface area contributed by atoms with Crippen molar-refractivity contribution in [2.75, 3.05) is 13.7 Å². The summed E-state index contributed by atoms with van der Waals surface area (Å²) in [5.74, 6) is 5.21. The predicted octanol–water partition coefficient (Wildman–Crippen LogP) is 6.40. The van der Waals surface area contributed by atoms with E-state index in [0.29, 0.717) is 52.6 Å². The molecule has 0 heterocycles. The van der Waals surface area contributed by atoms with Crippen molar-refractivity contribution in [1.29, 1.82) is 0 Å². The van der Waals surface area contributed by atoms with E-state index < -0.39 is 0 Å². The monoisotopic (exact) mass is 448 g/mol. The maximum Gasteiger partial charge on any atom is 0.161 e. The van der Waals surface area contributed by atoms with E-state index >= 15 is 0 Å². The van der Waals surface area contributed by atoms with Crippen molar-refractivity contribution >= 4 is 6.29 Å². The number of rotatable bonds is 6. The predicted molar refractivity (Wildman–Crippen MR) is 129 cm³/mol. The molecule has 4 heteroatoms. The summed E-state index contributed by atoms with van der Waals surface area (Å²) in [4.78, 5) is 11.0. The molecule has 2 saturated carbocycles. The first-order valence-electron chi connectivity index (χ1n) is 12.5. The highest BCUT2D eigenvalue weighted by molar-refractivity contribution is 5.76. The lowest BCUT2D eigenvalue weighted by atomic mass is 9.51. The van der Waals surface area contributed by atoms with Gasteiger partial charge in [0.1, 0.15) is 12.0 Å². The lowest BCUT2D eigenvalue weighted by Gasteiger charge is -2.53. The molecule has 6 atom stereocenters. The topological polar surface area (TPSA) is 55.8 Å². The minimum Gasteiger partial charge on any atom is -0.508 e. The maximum atomic E-state index is 11.0. The van der Waals surface area contributed by atoms with Crippen molar-refractivity contribution in [3.8, 4) is 17.2 Å². The standard InChI is InChI=1S/C29H36O4/c1-18-14-20-16-22(31)6-7-23(20)24-10-12-29(2)21(5-8-25(29)28(18)24)11-13-33-26-9-4-19(17-30)15-27(26)32-3/h4,6-7,9,15-18,21,24-25,28,31H,5,8,10-14H2,1-3H3/t18?,21-,24?,25?,28?,29?/m1/s1. The number of methoxy groups -OCH3 is 1. The zero-order chi connectivity index (χ0) is 23.2. The Kier molecular flexibility index (Phi) is 5.88. The average Bonchev–Trinajstić information content (AvgIpc) is 3.15. The SMILES string of the molecule is COc1cc(C=O)ccc1OCC[C@H]1CCC2C3C(C)Cc4cc(O)ccc4C3CCC21C. The zero-order valence-electron chi connectivity index (χ0n) is 20.0. The van der Waals surface area contributed by atoms with Gasteiger partial charge < -0.3 is 14.6 Å². The molecule has 0 saturated heterocycles. The Morgan fingerprint density at radius 1 is 1.12 bits per heavy atom. The van der Waals surface area contributed by atoms with E-state index in [2.05, 4.69) is 19.9 Å². The average molecular weight is 449 g/mol. The summed E-state index contributed by atoms with van der Waals surface area (Å²) in [6.45, 7) is 5.65. The molecule has 5 rings (SSSR count). The number of fused-ring (bicyclic) bond motifs is 5. The third-order valence-corrected chi connectivity index (χ3v) is 9.30. The second-order valence-corrected chi connectivity index (χ2v) is 10.8. The van der Waals surface area contributed by atoms with Gasteiger partial charge in [0.25, 0.3) is 0 Å². The van der Waals surface area contributed by atoms with Crippen LogP contribution in [0.2, 0.25) is 0 Å². The van der Waals surface area contributed by atoms with Gasteiger partial charge in [-0.25, -0.2) is 0 Å². The summed E-state index contributed by atoms with van der Waals surface area (Å²) in [6, 6.07) is 11.4. The second-order valence-electron chi connectivity index (χ2n) is 10.8. The minimum atomic E-state index is 0.374. The van der Waals surface area contributed by atoms with Gasteiger partial charge in [-0.05, 0) is 115 Å². The fourth-order valence-corrected chi connectivity index (χ4v) is 7.74. The number of carbonyl (C=O) groups excluding carboxylic acids is 1. The molecule has 0 aromatic heterocycles. The van der Waals surface area contributed by atoms with Crippen LogP contribution in [0.15, 0.2) is 36.4 Å². The molecule has 2 aromatic rings. The summed E-state index contributed by atoms with van der Waals surface area (Å²) in [6.07, 6.45) is 8.09. The van der Waals surface area contributed by atoms with Crippen LogP contribution in [0.25, 0.3) is 0 Å². The first kappa shape index (κ1) is 22.3. The fourth-order valence-electron chi connectivity index (χ4n) is 7.74. The summed E-state index contributed by atoms with van der Waals surface area (Å²) >= 11 is 0. The van der Waals surface area contributed by atoms with Gasteiger partial charge in [0.15, 0.2) is 11.5 Å². The highest BCUT2D eigenvalue weighted by Gasteiger charge is 2.55. The smallest absolute Gasteiger partial charge is 0.161 e. The van der Waals surface area contributed by atoms with Gasteiger partial charge in [-0.15, -0.1) is 0 Å². The zero-order valence-corrected chi connectivity index (χ0v) is 20.0. The van der Waals surface area contributed by atoms with Crippen LogP contribution in [0.5, 0.6) is 17.2 Å². The molecule has 2 fully saturated rings. The Morgan fingerprint density at radius 3 is 2.76 bits per heavy atom. The minimum absolute atomic E-state index is 0.374. The number of phenolic OH excluding ortho intramolecular Hbond substituents is 1. The van der Waals surface area contributed by atoms with Crippen LogP contribution in [0.1, 0.15) is 73.4 Å². The van der Waals surface area contributed by atoms with Gasteiger partial charge in [-0.3, -0.25) is 4.79 Å². The number of aromatic hydroxyl groups is 1. The summed E-state index contributed by atoms with van der Waals surface area (Å²) in [5, 5.41) is 9.99. The van der Waals surface area contributed by atoms with Gasteiger partial charge in [-0.1, -0.05) is 19.9 Å². The Morgan fingerprint density at radius 2 is 1.97 bits per heavy atom. The lowest BCUT2D eigenvalue weighted by molar-refractivity contribution is 0.000862. The Balaban J connectivity index is 1.28. The van der Waals surface area contributed by atoms with E-state index in [4.69, 9.17) is 9.47 Å². The third kappa shape index (κ3) is 3.82. The van der Waals surface area contributed by atoms with Crippen molar-refractivity contribution in [2.24, 2.45) is 29.1 Å². The quantitative estimate of drug-likeness (QED) is 0.520. The molecule has 3 aliphatic rings. The van der Waals surface area contributed by atoms with Crippen LogP contribution >= 0.6 is 0 Å². The third-order valence-electron chi connectivity index (χ3n) is 9.30. The summed E-state index contributed by atoms with van der Waals surface area (Å²) in [5.41, 5.74) is 3.83. The molecule has 33 heavy (non-hydrogen) atoms. The largest absolute Gasteiger partial charge is 0.508 e. The molecule has 0 radical (unpaired) electrons. The number of hydrogen-bond acceptors (Lipinski definition) is 4. The van der Waals surface area contributed by atoms with E-state index in [9.17, 15) is 9.90 Å². The number of aldehydes is 1. The molecule has 2 aromatic carbocycles. The van der Waals surface area contributed by atoms with E-state index in [1.54, 1.807) is 19.2 Å². The van der Waals surface area contributed by atoms with Gasteiger partial charge in [-0.2, -0.15) is 0 Å². The first-order valence-corrected chi connectivity index (χ1v) is 12.5. The number of phenols is 1. The second kappa shape index (κ2) is 8.70. The van der Waals surface area contributed by atoms with Crippen LogP contribution < -0.4 is 9.47 Å².